The van der Waals surface area contributed by atoms with Gasteiger partial charge in [0.05, 0.1) is 11.4 Å². The summed E-state index contributed by atoms with van der Waals surface area (Å²) in [7, 11) is 0. The minimum atomic E-state index is 0.822. The quantitative estimate of drug-likeness (QED) is 0.615. The van der Waals surface area contributed by atoms with E-state index in [1.807, 2.05) is 18.2 Å². The number of nitrogens with two attached hydrogens (primary N) is 1. The monoisotopic (exact) mass is 182 g/mol. The molecular formula is C12H10N2. The summed E-state index contributed by atoms with van der Waals surface area (Å²) in [6.07, 6.45) is 7.19. The largest absolute Gasteiger partial charge is 0.398 e. The first-order valence-electron chi connectivity index (χ1n) is 4.70. The second-order valence-corrected chi connectivity index (χ2v) is 3.51. The van der Waals surface area contributed by atoms with Crippen LogP contribution in [0.15, 0.2) is 41.4 Å². The van der Waals surface area contributed by atoms with Crippen molar-refractivity contribution in [1.29, 1.82) is 0 Å². The normalized spacial score (nSPS) is 17.1. The Labute approximate surface area is 82.5 Å². The first-order chi connectivity index (χ1) is 6.86. The Kier molecular flexibility index (Phi) is 1.39. The molecule has 1 aliphatic carbocycles. The number of anilines is 1. The molecule has 2 heteroatoms. The average molecular weight is 182 g/mol. The molecule has 1 aliphatic heterocycles. The van der Waals surface area contributed by atoms with Crippen molar-refractivity contribution in [2.24, 2.45) is 4.99 Å². The number of aliphatic imine (C=N–C) groups is 1. The van der Waals surface area contributed by atoms with Crippen LogP contribution in [0, 0.1) is 0 Å². The van der Waals surface area contributed by atoms with E-state index in [2.05, 4.69) is 23.2 Å². The Morgan fingerprint density at radius 3 is 3.14 bits per heavy atom. The molecule has 14 heavy (non-hydrogen) atoms. The molecule has 0 aromatic heterocycles. The number of benzene rings is 1. The third-order valence-corrected chi connectivity index (χ3v) is 2.62. The molecule has 0 spiro atoms. The summed E-state index contributed by atoms with van der Waals surface area (Å²) in [5.74, 6) is 0. The summed E-state index contributed by atoms with van der Waals surface area (Å²) in [6.45, 7) is 0. The van der Waals surface area contributed by atoms with Crippen molar-refractivity contribution in [3.63, 3.8) is 0 Å². The fourth-order valence-corrected chi connectivity index (χ4v) is 1.97. The lowest BCUT2D eigenvalue weighted by molar-refractivity contribution is 1.44. The van der Waals surface area contributed by atoms with Gasteiger partial charge in [-0.05, 0) is 12.1 Å². The van der Waals surface area contributed by atoms with Crippen LogP contribution in [0.4, 0.5) is 11.4 Å². The molecule has 0 atom stereocenters. The van der Waals surface area contributed by atoms with Gasteiger partial charge in [0.1, 0.15) is 0 Å². The summed E-state index contributed by atoms with van der Waals surface area (Å²) in [5.41, 5.74) is 11.2. The molecule has 1 heterocycles. The molecule has 2 N–H and O–H groups in total. The molecule has 68 valence electrons. The molecule has 3 rings (SSSR count). The highest BCUT2D eigenvalue weighted by molar-refractivity contribution is 6.31. The lowest BCUT2D eigenvalue weighted by Crippen LogP contribution is -2.00. The van der Waals surface area contributed by atoms with E-state index in [0.29, 0.717) is 0 Å². The maximum Gasteiger partial charge on any atom is 0.0733 e. The lowest BCUT2D eigenvalue weighted by Gasteiger charge is -2.07. The van der Waals surface area contributed by atoms with Crippen molar-refractivity contribution in [2.75, 3.05) is 5.73 Å². The summed E-state index contributed by atoms with van der Waals surface area (Å²) in [5, 5.41) is 0. The molecule has 2 nitrogen and oxygen atoms in total. The fourth-order valence-electron chi connectivity index (χ4n) is 1.97. The Balaban J connectivity index is 2.29. The summed E-state index contributed by atoms with van der Waals surface area (Å²) in [4.78, 5) is 4.55. The van der Waals surface area contributed by atoms with Crippen LogP contribution in [0.5, 0.6) is 0 Å². The zero-order chi connectivity index (χ0) is 9.54. The standard InChI is InChI=1S/C12H10N2/c13-9-5-3-7-11-12(9)8-4-1-2-6-10(8)14-11/h1-5,7H,6,13H2. The van der Waals surface area contributed by atoms with Crippen LogP contribution in [0.1, 0.15) is 12.0 Å². The van der Waals surface area contributed by atoms with Crippen LogP contribution in [0.2, 0.25) is 0 Å². The molecule has 0 amide bonds. The minimum Gasteiger partial charge on any atom is -0.398 e. The molecule has 0 fully saturated rings. The van der Waals surface area contributed by atoms with Crippen LogP contribution in [0.3, 0.4) is 0 Å². The molecule has 0 radical (unpaired) electrons. The van der Waals surface area contributed by atoms with Crippen molar-refractivity contribution in [2.45, 2.75) is 6.42 Å². The van der Waals surface area contributed by atoms with Gasteiger partial charge in [-0.1, -0.05) is 24.3 Å². The fraction of sp³-hybridized carbons (Fsp3) is 0.0833. The van der Waals surface area contributed by atoms with E-state index in [9.17, 15) is 0 Å². The number of hydrogen-bond acceptors (Lipinski definition) is 2. The van der Waals surface area contributed by atoms with Gasteiger partial charge >= 0.3 is 0 Å². The lowest BCUT2D eigenvalue weighted by atomic mass is 9.96. The van der Waals surface area contributed by atoms with Gasteiger partial charge in [0.2, 0.25) is 0 Å². The van der Waals surface area contributed by atoms with Gasteiger partial charge in [-0.3, -0.25) is 4.99 Å². The minimum absolute atomic E-state index is 0.822. The molecule has 0 unspecified atom stereocenters. The van der Waals surface area contributed by atoms with E-state index in [1.54, 1.807) is 0 Å². The summed E-state index contributed by atoms with van der Waals surface area (Å²) in [6, 6.07) is 5.89. The van der Waals surface area contributed by atoms with Crippen LogP contribution < -0.4 is 5.73 Å². The number of fused-ring (bicyclic) bond motifs is 3. The number of nitrogens with zero attached hydrogens (tertiary/aromatic N) is 1. The van der Waals surface area contributed by atoms with Crippen LogP contribution in [0.25, 0.3) is 5.57 Å². The molecular weight excluding hydrogens is 172 g/mol. The number of hydrogen-bond donors (Lipinski definition) is 1. The SMILES string of the molecule is Nc1cccc2c1C1=CC=CCC1=N2. The van der Waals surface area contributed by atoms with Crippen molar-refractivity contribution in [3.8, 4) is 0 Å². The summed E-state index contributed by atoms with van der Waals surface area (Å²) >= 11 is 0. The van der Waals surface area contributed by atoms with Gasteiger partial charge in [0.25, 0.3) is 0 Å². The number of nitrogen functional groups attached to an aromatic ring is 1. The average Bonchev–Trinajstić information content (AvgIpc) is 2.57. The third-order valence-electron chi connectivity index (χ3n) is 2.62. The highest BCUT2D eigenvalue weighted by Gasteiger charge is 2.22. The smallest absolute Gasteiger partial charge is 0.0733 e. The highest BCUT2D eigenvalue weighted by atomic mass is 14.8. The van der Waals surface area contributed by atoms with E-state index in [4.69, 9.17) is 5.73 Å². The predicted octanol–water partition coefficient (Wildman–Crippen LogP) is 2.70. The van der Waals surface area contributed by atoms with Gasteiger partial charge in [-0.25, -0.2) is 0 Å². The Morgan fingerprint density at radius 1 is 1.29 bits per heavy atom. The van der Waals surface area contributed by atoms with Crippen molar-refractivity contribution < 1.29 is 0 Å². The second kappa shape index (κ2) is 2.58. The van der Waals surface area contributed by atoms with E-state index in [0.717, 1.165) is 29.1 Å². The first-order valence-corrected chi connectivity index (χ1v) is 4.70. The van der Waals surface area contributed by atoms with Crippen molar-refractivity contribution >= 4 is 22.7 Å². The van der Waals surface area contributed by atoms with Gasteiger partial charge in [0.15, 0.2) is 0 Å². The zero-order valence-electron chi connectivity index (χ0n) is 7.70. The van der Waals surface area contributed by atoms with Crippen LogP contribution >= 0.6 is 0 Å². The highest BCUT2D eigenvalue weighted by Crippen LogP contribution is 2.40. The molecule has 1 aromatic rings. The first kappa shape index (κ1) is 7.56. The Morgan fingerprint density at radius 2 is 2.21 bits per heavy atom. The van der Waals surface area contributed by atoms with Crippen molar-refractivity contribution in [1.82, 2.24) is 0 Å². The number of rotatable bonds is 0. The van der Waals surface area contributed by atoms with Gasteiger partial charge in [0, 0.05) is 23.2 Å². The molecule has 0 saturated heterocycles. The van der Waals surface area contributed by atoms with E-state index < -0.39 is 0 Å². The van der Waals surface area contributed by atoms with Gasteiger partial charge in [-0.15, -0.1) is 0 Å². The third kappa shape index (κ3) is 0.880. The maximum atomic E-state index is 5.94. The van der Waals surface area contributed by atoms with E-state index in [1.165, 1.54) is 5.57 Å². The summed E-state index contributed by atoms with van der Waals surface area (Å²) < 4.78 is 0. The maximum absolute atomic E-state index is 5.94. The Bertz CT molecular complexity index is 493. The Hall–Kier alpha value is -1.83. The van der Waals surface area contributed by atoms with Crippen LogP contribution in [-0.4, -0.2) is 5.71 Å². The predicted molar refractivity (Wildman–Crippen MR) is 59.7 cm³/mol. The topological polar surface area (TPSA) is 38.4 Å². The zero-order valence-corrected chi connectivity index (χ0v) is 7.70. The molecule has 1 aromatic carbocycles. The van der Waals surface area contributed by atoms with E-state index in [-0.39, 0.29) is 0 Å². The second-order valence-electron chi connectivity index (χ2n) is 3.51. The molecule has 0 saturated carbocycles. The van der Waals surface area contributed by atoms with E-state index >= 15 is 0 Å². The molecule has 0 bridgehead atoms. The molecule has 2 aliphatic rings. The van der Waals surface area contributed by atoms with Crippen molar-refractivity contribution in [3.05, 3.63) is 42.0 Å². The van der Waals surface area contributed by atoms with Gasteiger partial charge < -0.3 is 5.73 Å². The van der Waals surface area contributed by atoms with Crippen LogP contribution in [-0.2, 0) is 0 Å². The number of allylic oxidation sites excluding steroid dienone is 4. The van der Waals surface area contributed by atoms with Gasteiger partial charge in [-0.2, -0.15) is 0 Å².